The first-order valence-electron chi connectivity index (χ1n) is 4.81. The summed E-state index contributed by atoms with van der Waals surface area (Å²) in [5.74, 6) is 0. The van der Waals surface area contributed by atoms with E-state index in [1.54, 1.807) is 0 Å². The standard InChI is InChI=1S/C11H11NO2S/c15-8-12-10-4-2-9(3-5-10)11-13-6-1-7-14-11/h2-5,11H,1,6-7H2. The van der Waals surface area contributed by atoms with Gasteiger partial charge in [-0.3, -0.25) is 0 Å². The van der Waals surface area contributed by atoms with E-state index in [-0.39, 0.29) is 6.29 Å². The first kappa shape index (κ1) is 10.5. The maximum atomic E-state index is 5.47. The maximum absolute atomic E-state index is 5.47. The highest BCUT2D eigenvalue weighted by Gasteiger charge is 2.15. The van der Waals surface area contributed by atoms with E-state index in [4.69, 9.17) is 9.47 Å². The lowest BCUT2D eigenvalue weighted by Gasteiger charge is -2.23. The lowest BCUT2D eigenvalue weighted by atomic mass is 10.2. The fourth-order valence-electron chi connectivity index (χ4n) is 1.44. The van der Waals surface area contributed by atoms with Gasteiger partial charge in [-0.15, -0.1) is 0 Å². The molecule has 78 valence electrons. The minimum atomic E-state index is -0.232. The van der Waals surface area contributed by atoms with Crippen molar-refractivity contribution in [3.63, 3.8) is 0 Å². The van der Waals surface area contributed by atoms with E-state index in [0.717, 1.165) is 30.9 Å². The highest BCUT2D eigenvalue weighted by molar-refractivity contribution is 7.78. The Bertz CT molecular complexity index is 365. The second-order valence-electron chi connectivity index (χ2n) is 3.22. The summed E-state index contributed by atoms with van der Waals surface area (Å²) < 4.78 is 10.9. The molecule has 3 nitrogen and oxygen atoms in total. The van der Waals surface area contributed by atoms with Crippen LogP contribution in [0.25, 0.3) is 0 Å². The van der Waals surface area contributed by atoms with Crippen molar-refractivity contribution in [2.45, 2.75) is 12.7 Å². The van der Waals surface area contributed by atoms with E-state index in [1.165, 1.54) is 0 Å². The molecule has 0 bridgehead atoms. The molecule has 0 amide bonds. The quantitative estimate of drug-likeness (QED) is 0.568. The largest absolute Gasteiger partial charge is 0.348 e. The number of aliphatic imine (C=N–C) groups is 1. The van der Waals surface area contributed by atoms with E-state index >= 15 is 0 Å². The monoisotopic (exact) mass is 221 g/mol. The van der Waals surface area contributed by atoms with Crippen LogP contribution in [-0.4, -0.2) is 18.4 Å². The Hall–Kier alpha value is -1.06. The minimum absolute atomic E-state index is 0.232. The van der Waals surface area contributed by atoms with Crippen LogP contribution in [0.1, 0.15) is 18.3 Å². The molecule has 0 aromatic heterocycles. The molecule has 0 atom stereocenters. The Morgan fingerprint density at radius 2 is 1.87 bits per heavy atom. The van der Waals surface area contributed by atoms with Gasteiger partial charge in [0.05, 0.1) is 24.1 Å². The topological polar surface area (TPSA) is 30.8 Å². The van der Waals surface area contributed by atoms with Crippen LogP contribution >= 0.6 is 12.2 Å². The van der Waals surface area contributed by atoms with Crippen LogP contribution in [0.2, 0.25) is 0 Å². The molecule has 1 heterocycles. The number of hydrogen-bond donors (Lipinski definition) is 0. The summed E-state index contributed by atoms with van der Waals surface area (Å²) in [6, 6.07) is 7.61. The Morgan fingerprint density at radius 1 is 1.20 bits per heavy atom. The third-order valence-corrected chi connectivity index (χ3v) is 2.26. The molecule has 0 saturated carbocycles. The SMILES string of the molecule is S=C=Nc1ccc(C2OCCCO2)cc1. The molecule has 1 fully saturated rings. The van der Waals surface area contributed by atoms with Crippen molar-refractivity contribution >= 4 is 23.1 Å². The lowest BCUT2D eigenvalue weighted by molar-refractivity contribution is -0.183. The van der Waals surface area contributed by atoms with Gasteiger partial charge in [-0.2, -0.15) is 4.99 Å². The normalized spacial score (nSPS) is 17.1. The molecule has 2 rings (SSSR count). The van der Waals surface area contributed by atoms with Crippen LogP contribution in [0, 0.1) is 0 Å². The number of ether oxygens (including phenoxy) is 2. The smallest absolute Gasteiger partial charge is 0.183 e. The van der Waals surface area contributed by atoms with E-state index in [2.05, 4.69) is 22.4 Å². The minimum Gasteiger partial charge on any atom is -0.348 e. The van der Waals surface area contributed by atoms with Crippen LogP contribution < -0.4 is 0 Å². The summed E-state index contributed by atoms with van der Waals surface area (Å²) in [5, 5.41) is 2.33. The molecular formula is C11H11NO2S. The molecule has 4 heteroatoms. The summed E-state index contributed by atoms with van der Waals surface area (Å²) in [5.41, 5.74) is 1.81. The summed E-state index contributed by atoms with van der Waals surface area (Å²) >= 11 is 4.53. The molecule has 0 spiro atoms. The van der Waals surface area contributed by atoms with Crippen LogP contribution in [0.15, 0.2) is 29.3 Å². The van der Waals surface area contributed by atoms with Crippen LogP contribution in [0.4, 0.5) is 5.69 Å². The zero-order valence-corrected chi connectivity index (χ0v) is 9.00. The summed E-state index contributed by atoms with van der Waals surface area (Å²) in [4.78, 5) is 3.88. The van der Waals surface area contributed by atoms with Gasteiger partial charge in [-0.1, -0.05) is 12.1 Å². The summed E-state index contributed by atoms with van der Waals surface area (Å²) in [7, 11) is 0. The van der Waals surface area contributed by atoms with Gasteiger partial charge in [0.25, 0.3) is 0 Å². The molecule has 0 N–H and O–H groups in total. The fraction of sp³-hybridized carbons (Fsp3) is 0.364. The fourth-order valence-corrected chi connectivity index (χ4v) is 1.54. The van der Waals surface area contributed by atoms with Crippen molar-refractivity contribution in [2.24, 2.45) is 4.99 Å². The molecular weight excluding hydrogens is 210 g/mol. The first-order valence-corrected chi connectivity index (χ1v) is 5.22. The second kappa shape index (κ2) is 5.14. The second-order valence-corrected chi connectivity index (χ2v) is 3.40. The van der Waals surface area contributed by atoms with Gasteiger partial charge in [0.1, 0.15) is 0 Å². The Kier molecular flexibility index (Phi) is 3.59. The molecule has 15 heavy (non-hydrogen) atoms. The molecule has 1 aliphatic heterocycles. The van der Waals surface area contributed by atoms with Crippen molar-refractivity contribution in [1.29, 1.82) is 0 Å². The zero-order valence-electron chi connectivity index (χ0n) is 8.18. The van der Waals surface area contributed by atoms with Crippen LogP contribution in [0.3, 0.4) is 0 Å². The molecule has 1 aliphatic rings. The predicted octanol–water partition coefficient (Wildman–Crippen LogP) is 2.86. The number of hydrogen-bond acceptors (Lipinski definition) is 4. The van der Waals surface area contributed by atoms with Gasteiger partial charge in [0.15, 0.2) is 6.29 Å². The number of isothiocyanates is 1. The predicted molar refractivity (Wildman–Crippen MR) is 60.4 cm³/mol. The first-order chi connectivity index (χ1) is 7.40. The van der Waals surface area contributed by atoms with Gasteiger partial charge in [-0.05, 0) is 30.8 Å². The number of rotatable bonds is 2. The summed E-state index contributed by atoms with van der Waals surface area (Å²) in [6.07, 6.45) is 0.730. The van der Waals surface area contributed by atoms with E-state index < -0.39 is 0 Å². The lowest BCUT2D eigenvalue weighted by Crippen LogP contribution is -2.17. The number of thiocarbonyl (C=S) groups is 1. The highest BCUT2D eigenvalue weighted by atomic mass is 32.1. The third kappa shape index (κ3) is 2.70. The molecule has 0 aliphatic carbocycles. The van der Waals surface area contributed by atoms with Gasteiger partial charge in [-0.25, -0.2) is 0 Å². The van der Waals surface area contributed by atoms with E-state index in [1.807, 2.05) is 24.3 Å². The van der Waals surface area contributed by atoms with Gasteiger partial charge >= 0.3 is 0 Å². The van der Waals surface area contributed by atoms with Crippen molar-refractivity contribution in [3.05, 3.63) is 29.8 Å². The van der Waals surface area contributed by atoms with Crippen molar-refractivity contribution < 1.29 is 9.47 Å². The van der Waals surface area contributed by atoms with Crippen molar-refractivity contribution in [1.82, 2.24) is 0 Å². The number of nitrogens with zero attached hydrogens (tertiary/aromatic N) is 1. The van der Waals surface area contributed by atoms with Gasteiger partial charge in [0.2, 0.25) is 0 Å². The average molecular weight is 221 g/mol. The van der Waals surface area contributed by atoms with Gasteiger partial charge in [0, 0.05) is 5.56 Å². The molecule has 1 saturated heterocycles. The zero-order chi connectivity index (χ0) is 10.5. The van der Waals surface area contributed by atoms with E-state index in [0.29, 0.717) is 0 Å². The molecule has 0 radical (unpaired) electrons. The van der Waals surface area contributed by atoms with Crippen LogP contribution in [0.5, 0.6) is 0 Å². The van der Waals surface area contributed by atoms with E-state index in [9.17, 15) is 0 Å². The van der Waals surface area contributed by atoms with Crippen molar-refractivity contribution in [3.8, 4) is 0 Å². The van der Waals surface area contributed by atoms with Crippen molar-refractivity contribution in [2.75, 3.05) is 13.2 Å². The molecule has 0 unspecified atom stereocenters. The molecule has 1 aromatic carbocycles. The highest BCUT2D eigenvalue weighted by Crippen LogP contribution is 2.24. The maximum Gasteiger partial charge on any atom is 0.183 e. The number of benzene rings is 1. The third-order valence-electron chi connectivity index (χ3n) is 2.17. The average Bonchev–Trinajstić information content (AvgIpc) is 2.32. The van der Waals surface area contributed by atoms with Gasteiger partial charge < -0.3 is 9.47 Å². The Morgan fingerprint density at radius 3 is 2.47 bits per heavy atom. The summed E-state index contributed by atoms with van der Waals surface area (Å²) in [6.45, 7) is 1.51. The molecule has 1 aromatic rings. The van der Waals surface area contributed by atoms with Crippen LogP contribution in [-0.2, 0) is 9.47 Å². The Labute approximate surface area is 93.7 Å². The Balaban J connectivity index is 2.11.